The number of fused-ring (bicyclic) bond motifs is 2. The van der Waals surface area contributed by atoms with Crippen LogP contribution in [-0.2, 0) is 41.2 Å². The number of nitrogens with one attached hydrogen (secondary N) is 5. The Morgan fingerprint density at radius 1 is 0.867 bits per heavy atom. The number of rotatable bonds is 27. The van der Waals surface area contributed by atoms with E-state index >= 15 is 0 Å². The molecule has 3 saturated heterocycles. The van der Waals surface area contributed by atoms with Crippen molar-refractivity contribution in [2.45, 2.75) is 119 Å². The fourth-order valence-electron chi connectivity index (χ4n) is 7.00. The summed E-state index contributed by atoms with van der Waals surface area (Å²) in [5, 5.41) is 26.0. The van der Waals surface area contributed by atoms with Gasteiger partial charge >= 0.3 is 29.5 Å². The van der Waals surface area contributed by atoms with Crippen molar-refractivity contribution in [2.75, 3.05) is 37.3 Å². The van der Waals surface area contributed by atoms with E-state index in [0.29, 0.717) is 54.7 Å². The highest BCUT2D eigenvalue weighted by molar-refractivity contribution is 8.00. The topological polar surface area (TPSA) is 344 Å². The van der Waals surface area contributed by atoms with Crippen LogP contribution in [0.5, 0.6) is 0 Å². The quantitative estimate of drug-likeness (QED) is 0.0349. The van der Waals surface area contributed by atoms with Crippen molar-refractivity contribution < 1.29 is 70.6 Å². The molecule has 0 aromatic carbocycles. The average Bonchev–Trinajstić information content (AvgIpc) is 3.94. The number of aromatic nitrogens is 4. The summed E-state index contributed by atoms with van der Waals surface area (Å²) in [7, 11) is -16.6. The van der Waals surface area contributed by atoms with Crippen LogP contribution in [0.4, 0.5) is 10.6 Å². The molecular weight excluding hydrogens is 875 g/mol. The lowest BCUT2D eigenvalue weighted by molar-refractivity contribution is -0.122. The van der Waals surface area contributed by atoms with E-state index in [2.05, 4.69) is 54.7 Å². The molecule has 24 nitrogen and oxygen atoms in total. The van der Waals surface area contributed by atoms with Gasteiger partial charge < -0.3 is 56.0 Å². The fourth-order valence-corrected chi connectivity index (χ4v) is 11.6. The first-order valence-electron chi connectivity index (χ1n) is 19.7. The predicted molar refractivity (Wildman–Crippen MR) is 215 cm³/mol. The van der Waals surface area contributed by atoms with Crippen molar-refractivity contribution in [3.8, 4) is 0 Å². The lowest BCUT2D eigenvalue weighted by atomic mass is 10.0. The number of phosphoric acid groups is 3. The van der Waals surface area contributed by atoms with Gasteiger partial charge in [-0.1, -0.05) is 25.7 Å². The molecule has 60 heavy (non-hydrogen) atoms. The highest BCUT2D eigenvalue weighted by atomic mass is 32.2. The van der Waals surface area contributed by atoms with E-state index < -0.39 is 48.5 Å². The maximum atomic E-state index is 12.2. The van der Waals surface area contributed by atoms with Crippen LogP contribution < -0.4 is 26.6 Å². The van der Waals surface area contributed by atoms with E-state index in [1.807, 2.05) is 11.8 Å². The number of amides is 4. The minimum absolute atomic E-state index is 0.0174. The summed E-state index contributed by atoms with van der Waals surface area (Å²) in [6.07, 6.45) is 9.05. The Hall–Kier alpha value is -2.76. The van der Waals surface area contributed by atoms with E-state index in [1.54, 1.807) is 0 Å². The number of hydrogen-bond donors (Lipinski definition) is 10. The smallest absolute Gasteiger partial charge is 0.390 e. The van der Waals surface area contributed by atoms with E-state index in [4.69, 9.17) is 14.5 Å². The van der Waals surface area contributed by atoms with Crippen LogP contribution in [0, 0.1) is 0 Å². The van der Waals surface area contributed by atoms with Gasteiger partial charge in [-0.15, -0.1) is 0 Å². The third-order valence-corrected chi connectivity index (χ3v) is 15.2. The number of nitrogens with zero attached hydrogens (tertiary/aromatic N) is 4. The predicted octanol–water partition coefficient (Wildman–Crippen LogP) is 2.31. The number of ether oxygens (including phenoxy) is 1. The van der Waals surface area contributed by atoms with Crippen molar-refractivity contribution in [3.05, 3.63) is 12.7 Å². The zero-order chi connectivity index (χ0) is 43.3. The summed E-state index contributed by atoms with van der Waals surface area (Å²) in [4.78, 5) is 85.2. The molecule has 2 aromatic heterocycles. The number of anilines is 1. The molecule has 5 heterocycles. The molecule has 4 amide bonds. The number of unbranched alkanes of at least 4 members (excludes halogenated alkanes) is 6. The minimum atomic E-state index is -5.70. The maximum Gasteiger partial charge on any atom is 0.490 e. The Kier molecular flexibility index (Phi) is 18.1. The van der Waals surface area contributed by atoms with Gasteiger partial charge in [0.2, 0.25) is 11.8 Å². The molecule has 8 atom stereocenters. The minimum Gasteiger partial charge on any atom is -0.390 e. The summed E-state index contributed by atoms with van der Waals surface area (Å²) in [5.41, 5.74) is 0.801. The number of carbonyl (C=O) groups excluding carboxylic acids is 3. The Bertz CT molecular complexity index is 1910. The maximum absolute atomic E-state index is 12.2. The zero-order valence-corrected chi connectivity index (χ0v) is 36.2. The van der Waals surface area contributed by atoms with Crippen molar-refractivity contribution in [1.82, 2.24) is 40.8 Å². The number of phosphoric ester groups is 1. The molecule has 3 aliphatic rings. The van der Waals surface area contributed by atoms with Crippen molar-refractivity contribution in [1.29, 1.82) is 0 Å². The van der Waals surface area contributed by atoms with Crippen molar-refractivity contribution in [3.63, 3.8) is 0 Å². The van der Waals surface area contributed by atoms with E-state index in [9.17, 15) is 43.0 Å². The Balaban J connectivity index is 0.872. The number of aliphatic hydroxyl groups excluding tert-OH is 1. The summed E-state index contributed by atoms with van der Waals surface area (Å²) < 4.78 is 53.7. The van der Waals surface area contributed by atoms with Gasteiger partial charge in [0, 0.05) is 49.9 Å². The van der Waals surface area contributed by atoms with E-state index in [0.717, 1.165) is 70.0 Å². The molecule has 5 rings (SSSR count). The number of urea groups is 1. The normalized spacial score (nSPS) is 24.6. The monoisotopic (exact) mass is 929 g/mol. The number of thioether (sulfide) groups is 1. The van der Waals surface area contributed by atoms with Gasteiger partial charge in [-0.3, -0.25) is 18.7 Å². The standard InChI is InChI=1S/C32H54N9O15P3S/c42-22-16-27(54-23(22)17-53-58(49,50)56-59(51,52)55-57(46,47)48)41-20-38-29-30(36-19-37-31(29)41)35-15-8-2-1-7-13-33-25(43)11-4-3-9-14-34-26(44)12-6-5-10-24-28-21(18-60-24)39-32(45)40-28/h19-24,27-28,42H,1-18H2,(H,33,43)(H,34,44)(H,49,50)(H,51,52)(H,35,36,37)(H2,39,40,45)(H2,46,47,48)/t21-,22-,23+,24-,27+,28-/m0/s1. The largest absolute Gasteiger partial charge is 0.490 e. The number of carbonyl (C=O) groups is 3. The van der Waals surface area contributed by atoms with E-state index in [1.165, 1.54) is 17.2 Å². The first kappa shape index (κ1) is 48.3. The van der Waals surface area contributed by atoms with Crippen LogP contribution >= 0.6 is 35.2 Å². The second kappa shape index (κ2) is 22.5. The highest BCUT2D eigenvalue weighted by Gasteiger charge is 2.44. The third-order valence-electron chi connectivity index (χ3n) is 9.89. The Morgan fingerprint density at radius 3 is 2.23 bits per heavy atom. The van der Waals surface area contributed by atoms with Crippen LogP contribution in [0.1, 0.15) is 89.7 Å². The van der Waals surface area contributed by atoms with Gasteiger partial charge in [-0.05, 0) is 38.5 Å². The van der Waals surface area contributed by atoms with Crippen molar-refractivity contribution in [2.24, 2.45) is 0 Å². The Morgan fingerprint density at radius 2 is 1.53 bits per heavy atom. The van der Waals surface area contributed by atoms with Gasteiger partial charge in [0.1, 0.15) is 18.7 Å². The molecule has 338 valence electrons. The van der Waals surface area contributed by atoms with Crippen LogP contribution in [0.15, 0.2) is 12.7 Å². The fraction of sp³-hybridized carbons (Fsp3) is 0.750. The van der Waals surface area contributed by atoms with Crippen LogP contribution in [0.2, 0.25) is 0 Å². The lowest BCUT2D eigenvalue weighted by Gasteiger charge is -2.19. The molecular formula is C32H54N9O15P3S. The molecule has 2 unspecified atom stereocenters. The Labute approximate surface area is 349 Å². The highest BCUT2D eigenvalue weighted by Crippen LogP contribution is 2.66. The number of imidazole rings is 1. The summed E-state index contributed by atoms with van der Waals surface area (Å²) >= 11 is 1.88. The number of aliphatic hydroxyl groups is 1. The molecule has 28 heteroatoms. The van der Waals surface area contributed by atoms with Gasteiger partial charge in [-0.2, -0.15) is 20.4 Å². The second-order valence-corrected chi connectivity index (χ2v) is 20.3. The summed E-state index contributed by atoms with van der Waals surface area (Å²) in [6, 6.07) is 0.329. The van der Waals surface area contributed by atoms with Gasteiger partial charge in [0.15, 0.2) is 17.0 Å². The van der Waals surface area contributed by atoms with Crippen LogP contribution in [0.3, 0.4) is 0 Å². The SMILES string of the molecule is O=C(CCCCCNC(=O)CCCC[C@@H]1SC[C@@H]2NC(=O)N[C@@H]21)NCCCCCCNc1ncnc2c1ncn2[C@H]1C[C@H](O)[C@@H](COP(=O)(O)OP(=O)(O)OP(=O)(O)O)O1. The van der Waals surface area contributed by atoms with Crippen LogP contribution in [0.25, 0.3) is 11.2 Å². The second-order valence-electron chi connectivity index (χ2n) is 14.6. The first-order valence-corrected chi connectivity index (χ1v) is 25.3. The van der Waals surface area contributed by atoms with Gasteiger partial charge in [-0.25, -0.2) is 33.4 Å². The lowest BCUT2D eigenvalue weighted by Crippen LogP contribution is -2.36. The molecule has 0 saturated carbocycles. The molecule has 0 spiro atoms. The molecule has 10 N–H and O–H groups in total. The average molecular weight is 930 g/mol. The summed E-state index contributed by atoms with van der Waals surface area (Å²) in [5.74, 6) is 1.47. The zero-order valence-electron chi connectivity index (χ0n) is 32.7. The van der Waals surface area contributed by atoms with Gasteiger partial charge in [0.25, 0.3) is 0 Å². The summed E-state index contributed by atoms with van der Waals surface area (Å²) in [6.45, 7) is 0.977. The molecule has 0 bridgehead atoms. The molecule has 2 aromatic rings. The third kappa shape index (κ3) is 15.5. The molecule has 3 aliphatic heterocycles. The first-order chi connectivity index (χ1) is 28.5. The molecule has 3 fully saturated rings. The van der Waals surface area contributed by atoms with Gasteiger partial charge in [0.05, 0.1) is 31.1 Å². The molecule has 0 radical (unpaired) electrons. The number of hydrogen-bond acceptors (Lipinski definition) is 16. The molecule has 0 aliphatic carbocycles. The van der Waals surface area contributed by atoms with Crippen molar-refractivity contribution >= 4 is 70.1 Å². The van der Waals surface area contributed by atoms with E-state index in [-0.39, 0.29) is 36.3 Å². The van der Waals surface area contributed by atoms with Crippen LogP contribution in [-0.4, -0.2) is 124 Å².